The number of nitro groups is 1. The van der Waals surface area contributed by atoms with Gasteiger partial charge in [0.25, 0.3) is 5.91 Å². The average molecular weight is 372 g/mol. The number of ether oxygens (including phenoxy) is 1. The zero-order valence-corrected chi connectivity index (χ0v) is 15.0. The molecule has 27 heavy (non-hydrogen) atoms. The highest BCUT2D eigenvalue weighted by Crippen LogP contribution is 2.21. The van der Waals surface area contributed by atoms with Gasteiger partial charge in [-0.05, 0) is 26.0 Å². The summed E-state index contributed by atoms with van der Waals surface area (Å²) in [4.78, 5) is 36.4. The van der Waals surface area contributed by atoms with E-state index in [2.05, 4.69) is 0 Å². The van der Waals surface area contributed by atoms with Crippen LogP contribution >= 0.6 is 0 Å². The van der Waals surface area contributed by atoms with Crippen molar-refractivity contribution in [2.24, 2.45) is 0 Å². The lowest BCUT2D eigenvalue weighted by Crippen LogP contribution is -2.36. The summed E-state index contributed by atoms with van der Waals surface area (Å²) in [7, 11) is 0. The minimum atomic E-state index is -1.07. The standard InChI is InChI=1S/C19H20N2O6/c1-3-20(4-2)19(23)18(14-8-6-5-7-9-14)27-17(22)13-11-15-10-12-16(26-15)21(24)25/h5-13,18H,3-4H2,1-2H3/b13-11+/t18-/m1/s1. The van der Waals surface area contributed by atoms with Gasteiger partial charge in [-0.1, -0.05) is 30.3 Å². The molecule has 1 aromatic carbocycles. The third-order valence-electron chi connectivity index (χ3n) is 3.81. The van der Waals surface area contributed by atoms with Crippen LogP contribution < -0.4 is 0 Å². The highest BCUT2D eigenvalue weighted by molar-refractivity contribution is 5.90. The van der Waals surface area contributed by atoms with Crippen LogP contribution in [0.25, 0.3) is 6.08 Å². The molecule has 1 atom stereocenters. The molecule has 8 nitrogen and oxygen atoms in total. The molecule has 0 bridgehead atoms. The lowest BCUT2D eigenvalue weighted by Gasteiger charge is -2.25. The second-order valence-electron chi connectivity index (χ2n) is 5.50. The summed E-state index contributed by atoms with van der Waals surface area (Å²) in [5, 5.41) is 10.6. The summed E-state index contributed by atoms with van der Waals surface area (Å²) in [5.41, 5.74) is 0.560. The monoisotopic (exact) mass is 372 g/mol. The molecule has 1 amide bonds. The Hall–Kier alpha value is -3.42. The molecule has 0 saturated carbocycles. The van der Waals surface area contributed by atoms with Crippen molar-refractivity contribution in [2.75, 3.05) is 13.1 Å². The normalized spacial score (nSPS) is 11.9. The number of likely N-dealkylation sites (N-methyl/N-ethyl adjacent to an activating group) is 1. The summed E-state index contributed by atoms with van der Waals surface area (Å²) < 4.78 is 10.3. The lowest BCUT2D eigenvalue weighted by atomic mass is 10.1. The molecule has 142 valence electrons. The summed E-state index contributed by atoms with van der Waals surface area (Å²) >= 11 is 0. The minimum Gasteiger partial charge on any atom is -0.444 e. The molecule has 0 N–H and O–H groups in total. The smallest absolute Gasteiger partial charge is 0.433 e. The Bertz CT molecular complexity index is 824. The zero-order valence-electron chi connectivity index (χ0n) is 15.0. The van der Waals surface area contributed by atoms with E-state index < -0.39 is 22.9 Å². The Kier molecular flexibility index (Phi) is 6.87. The lowest BCUT2D eigenvalue weighted by molar-refractivity contribution is -0.402. The number of carbonyl (C=O) groups is 2. The van der Waals surface area contributed by atoms with E-state index in [9.17, 15) is 19.7 Å². The topological polar surface area (TPSA) is 103 Å². The first kappa shape index (κ1) is 19.9. The highest BCUT2D eigenvalue weighted by Gasteiger charge is 2.27. The number of carbonyl (C=O) groups excluding carboxylic acids is 2. The van der Waals surface area contributed by atoms with Crippen LogP contribution in [0.5, 0.6) is 0 Å². The Labute approximate surface area is 156 Å². The first-order valence-corrected chi connectivity index (χ1v) is 8.42. The van der Waals surface area contributed by atoms with Crippen molar-refractivity contribution in [3.05, 3.63) is 70.0 Å². The molecule has 0 fully saturated rings. The van der Waals surface area contributed by atoms with Gasteiger partial charge >= 0.3 is 11.9 Å². The number of hydrogen-bond acceptors (Lipinski definition) is 6. The molecule has 1 heterocycles. The van der Waals surface area contributed by atoms with Crippen LogP contribution in [-0.4, -0.2) is 34.8 Å². The SMILES string of the molecule is CCN(CC)C(=O)[C@H](OC(=O)/C=C/c1ccc([N+](=O)[O-])o1)c1ccccc1. The van der Waals surface area contributed by atoms with Crippen molar-refractivity contribution in [1.82, 2.24) is 4.90 Å². The second kappa shape index (κ2) is 9.33. The largest absolute Gasteiger partial charge is 0.444 e. The van der Waals surface area contributed by atoms with Crippen LogP contribution in [0.4, 0.5) is 5.88 Å². The fourth-order valence-corrected chi connectivity index (χ4v) is 2.43. The molecular weight excluding hydrogens is 352 g/mol. The van der Waals surface area contributed by atoms with E-state index in [4.69, 9.17) is 9.15 Å². The molecule has 0 aliphatic rings. The van der Waals surface area contributed by atoms with E-state index in [1.54, 1.807) is 35.2 Å². The first-order valence-electron chi connectivity index (χ1n) is 8.42. The molecular formula is C19H20N2O6. The van der Waals surface area contributed by atoms with E-state index in [-0.39, 0.29) is 11.7 Å². The minimum absolute atomic E-state index is 0.130. The van der Waals surface area contributed by atoms with Gasteiger partial charge in [0, 0.05) is 24.7 Å². The van der Waals surface area contributed by atoms with E-state index in [1.807, 2.05) is 13.8 Å². The van der Waals surface area contributed by atoms with Gasteiger partial charge in [-0.15, -0.1) is 0 Å². The molecule has 0 spiro atoms. The van der Waals surface area contributed by atoms with Crippen molar-refractivity contribution in [3.63, 3.8) is 0 Å². The third-order valence-corrected chi connectivity index (χ3v) is 3.81. The van der Waals surface area contributed by atoms with Crippen LogP contribution in [0.1, 0.15) is 31.3 Å². The van der Waals surface area contributed by atoms with E-state index in [0.29, 0.717) is 18.7 Å². The maximum absolute atomic E-state index is 12.7. The van der Waals surface area contributed by atoms with E-state index in [0.717, 1.165) is 6.08 Å². The Morgan fingerprint density at radius 2 is 1.85 bits per heavy atom. The van der Waals surface area contributed by atoms with Gasteiger partial charge in [0.1, 0.15) is 10.7 Å². The van der Waals surface area contributed by atoms with Crippen molar-refractivity contribution in [3.8, 4) is 0 Å². The van der Waals surface area contributed by atoms with Gasteiger partial charge in [-0.3, -0.25) is 14.9 Å². The number of hydrogen-bond donors (Lipinski definition) is 0. The Morgan fingerprint density at radius 1 is 1.19 bits per heavy atom. The maximum Gasteiger partial charge on any atom is 0.433 e. The molecule has 0 aliphatic heterocycles. The van der Waals surface area contributed by atoms with Crippen molar-refractivity contribution in [1.29, 1.82) is 0 Å². The average Bonchev–Trinajstić information content (AvgIpc) is 3.15. The van der Waals surface area contributed by atoms with Crippen LogP contribution in [0.15, 0.2) is 53.0 Å². The number of rotatable bonds is 8. The quantitative estimate of drug-likeness (QED) is 0.305. The predicted molar refractivity (Wildman–Crippen MR) is 97.6 cm³/mol. The van der Waals surface area contributed by atoms with Crippen LogP contribution in [0.2, 0.25) is 0 Å². The van der Waals surface area contributed by atoms with Gasteiger partial charge < -0.3 is 14.1 Å². The molecule has 2 aromatic rings. The van der Waals surface area contributed by atoms with Gasteiger partial charge in [0.15, 0.2) is 0 Å². The molecule has 2 rings (SSSR count). The summed E-state index contributed by atoms with van der Waals surface area (Å²) in [6.07, 6.45) is 1.24. The fraction of sp³-hybridized carbons (Fsp3) is 0.263. The van der Waals surface area contributed by atoms with Crippen molar-refractivity contribution >= 4 is 23.8 Å². The zero-order chi connectivity index (χ0) is 19.8. The van der Waals surface area contributed by atoms with Gasteiger partial charge in [-0.25, -0.2) is 4.79 Å². The Morgan fingerprint density at radius 3 is 2.41 bits per heavy atom. The number of esters is 1. The number of nitrogens with zero attached hydrogens (tertiary/aromatic N) is 2. The molecule has 1 aromatic heterocycles. The van der Waals surface area contributed by atoms with Crippen molar-refractivity contribution < 1.29 is 23.7 Å². The van der Waals surface area contributed by atoms with Gasteiger partial charge in [0.05, 0.1) is 6.07 Å². The highest BCUT2D eigenvalue weighted by atomic mass is 16.6. The van der Waals surface area contributed by atoms with Gasteiger partial charge in [0.2, 0.25) is 6.10 Å². The molecule has 0 saturated heterocycles. The Balaban J connectivity index is 2.16. The van der Waals surface area contributed by atoms with Gasteiger partial charge in [-0.2, -0.15) is 0 Å². The molecule has 8 heteroatoms. The van der Waals surface area contributed by atoms with Crippen LogP contribution in [0.3, 0.4) is 0 Å². The summed E-state index contributed by atoms with van der Waals surface area (Å²) in [6.45, 7) is 4.66. The molecule has 0 radical (unpaired) electrons. The first-order chi connectivity index (χ1) is 13.0. The van der Waals surface area contributed by atoms with Crippen LogP contribution in [0, 0.1) is 10.1 Å². The third kappa shape index (κ3) is 5.27. The van der Waals surface area contributed by atoms with Crippen LogP contribution in [-0.2, 0) is 14.3 Å². The molecule has 0 unspecified atom stereocenters. The maximum atomic E-state index is 12.7. The number of benzene rings is 1. The number of furan rings is 1. The summed E-state index contributed by atoms with van der Waals surface area (Å²) in [6, 6.07) is 11.3. The van der Waals surface area contributed by atoms with Crippen molar-refractivity contribution in [2.45, 2.75) is 20.0 Å². The summed E-state index contributed by atoms with van der Waals surface area (Å²) in [5.74, 6) is -1.38. The number of amides is 1. The van der Waals surface area contributed by atoms with E-state index in [1.165, 1.54) is 18.2 Å². The second-order valence-corrected chi connectivity index (χ2v) is 5.50. The van der Waals surface area contributed by atoms with E-state index >= 15 is 0 Å². The fourth-order valence-electron chi connectivity index (χ4n) is 2.43. The molecule has 0 aliphatic carbocycles. The predicted octanol–water partition coefficient (Wildman–Crippen LogP) is 3.35.